The van der Waals surface area contributed by atoms with E-state index in [9.17, 15) is 4.79 Å². The van der Waals surface area contributed by atoms with Gasteiger partial charge in [-0.15, -0.1) is 0 Å². The van der Waals surface area contributed by atoms with Crippen molar-refractivity contribution in [2.45, 2.75) is 37.8 Å². The Labute approximate surface area is 238 Å². The summed E-state index contributed by atoms with van der Waals surface area (Å²) < 4.78 is 17.2. The molecule has 2 fully saturated rings. The third-order valence-corrected chi connectivity index (χ3v) is 7.61. The van der Waals surface area contributed by atoms with E-state index in [4.69, 9.17) is 24.2 Å². The van der Waals surface area contributed by atoms with E-state index in [1.54, 1.807) is 25.3 Å². The average molecular weight is 555 g/mol. The molecule has 0 radical (unpaired) electrons. The number of aromatic nitrogens is 3. The van der Waals surface area contributed by atoms with E-state index in [-0.39, 0.29) is 18.1 Å². The summed E-state index contributed by atoms with van der Waals surface area (Å²) >= 11 is 0. The largest absolute Gasteiger partial charge is 0.495 e. The number of anilines is 2. The molecule has 1 saturated carbocycles. The molecule has 1 aliphatic carbocycles. The van der Waals surface area contributed by atoms with Crippen LogP contribution < -0.4 is 25.4 Å². The standard InChI is InChI=1S/C31H34N6O4/c1-18(32-2)19-8-10-20(11-9-19)24-15-33-28-27(24)30(41-23-6-4-5-7-23)37-31(36-28)35-25-13-12-21(14-26(25)39-3)29(38)34-22-16-40-17-22/h8-15,22-23,32H,1,4-7,16-17H2,2-3H3,(H,34,38)(H2,33,35,36,37). The van der Waals surface area contributed by atoms with E-state index in [1.165, 1.54) is 0 Å². The first-order valence-electron chi connectivity index (χ1n) is 13.9. The number of nitrogens with one attached hydrogen (secondary N) is 4. The first-order valence-corrected chi connectivity index (χ1v) is 13.9. The van der Waals surface area contributed by atoms with Crippen LogP contribution in [0.5, 0.6) is 11.6 Å². The number of ether oxygens (including phenoxy) is 3. The topological polar surface area (TPSA) is 122 Å². The molecule has 0 bridgehead atoms. The Balaban J connectivity index is 1.32. The lowest BCUT2D eigenvalue weighted by Crippen LogP contribution is -2.48. The minimum absolute atomic E-state index is 0.0427. The second-order valence-corrected chi connectivity index (χ2v) is 10.4. The Hall–Kier alpha value is -4.57. The van der Waals surface area contributed by atoms with Crippen LogP contribution in [0.2, 0.25) is 0 Å². The van der Waals surface area contributed by atoms with Crippen molar-refractivity contribution in [1.82, 2.24) is 25.6 Å². The molecule has 0 atom stereocenters. The number of amides is 1. The van der Waals surface area contributed by atoms with E-state index in [2.05, 4.69) is 39.6 Å². The van der Waals surface area contributed by atoms with E-state index in [0.29, 0.717) is 47.7 Å². The van der Waals surface area contributed by atoms with Crippen molar-refractivity contribution >= 4 is 34.3 Å². The Morgan fingerprint density at radius 2 is 1.83 bits per heavy atom. The zero-order valence-electron chi connectivity index (χ0n) is 23.3. The Kier molecular flexibility index (Phi) is 7.47. The van der Waals surface area contributed by atoms with Crippen LogP contribution in [0.4, 0.5) is 11.6 Å². The van der Waals surface area contributed by atoms with Gasteiger partial charge in [-0.2, -0.15) is 9.97 Å². The molecular formula is C31H34N6O4. The molecule has 2 aromatic carbocycles. The average Bonchev–Trinajstić information content (AvgIpc) is 3.65. The smallest absolute Gasteiger partial charge is 0.251 e. The van der Waals surface area contributed by atoms with Crippen molar-refractivity contribution in [3.8, 4) is 22.8 Å². The normalized spacial score (nSPS) is 15.4. The lowest BCUT2D eigenvalue weighted by atomic mass is 10.0. The van der Waals surface area contributed by atoms with E-state index >= 15 is 0 Å². The summed E-state index contributed by atoms with van der Waals surface area (Å²) in [5.41, 5.74) is 5.66. The van der Waals surface area contributed by atoms with Crippen LogP contribution in [0.3, 0.4) is 0 Å². The number of hydrogen-bond donors (Lipinski definition) is 4. The van der Waals surface area contributed by atoms with E-state index in [0.717, 1.165) is 53.5 Å². The highest BCUT2D eigenvalue weighted by atomic mass is 16.5. The molecule has 41 heavy (non-hydrogen) atoms. The second-order valence-electron chi connectivity index (χ2n) is 10.4. The molecule has 0 spiro atoms. The maximum Gasteiger partial charge on any atom is 0.251 e. The van der Waals surface area contributed by atoms with Crippen LogP contribution >= 0.6 is 0 Å². The Morgan fingerprint density at radius 1 is 1.07 bits per heavy atom. The number of rotatable bonds is 10. The van der Waals surface area contributed by atoms with Gasteiger partial charge in [0.15, 0.2) is 0 Å². The van der Waals surface area contributed by atoms with Crippen molar-refractivity contribution in [2.75, 3.05) is 32.7 Å². The van der Waals surface area contributed by atoms with Gasteiger partial charge < -0.3 is 35.1 Å². The molecule has 2 aliphatic rings. The summed E-state index contributed by atoms with van der Waals surface area (Å²) in [6.45, 7) is 5.11. The van der Waals surface area contributed by atoms with Gasteiger partial charge in [-0.3, -0.25) is 4.79 Å². The number of aromatic amines is 1. The summed E-state index contributed by atoms with van der Waals surface area (Å²) in [6.07, 6.45) is 6.34. The van der Waals surface area contributed by atoms with Crippen molar-refractivity contribution in [3.63, 3.8) is 0 Å². The van der Waals surface area contributed by atoms with Gasteiger partial charge in [0.2, 0.25) is 11.8 Å². The lowest BCUT2D eigenvalue weighted by Gasteiger charge is -2.26. The van der Waals surface area contributed by atoms with Crippen LogP contribution in [0.1, 0.15) is 41.6 Å². The number of carbonyl (C=O) groups excluding carboxylic acids is 1. The quantitative estimate of drug-likeness (QED) is 0.216. The molecule has 3 heterocycles. The van der Waals surface area contributed by atoms with E-state index in [1.807, 2.05) is 25.4 Å². The monoisotopic (exact) mass is 554 g/mol. The van der Waals surface area contributed by atoms with Crippen LogP contribution in [0.25, 0.3) is 27.9 Å². The fourth-order valence-electron chi connectivity index (χ4n) is 5.17. The predicted molar refractivity (Wildman–Crippen MR) is 159 cm³/mol. The molecule has 1 amide bonds. The third-order valence-electron chi connectivity index (χ3n) is 7.61. The van der Waals surface area contributed by atoms with Gasteiger partial charge in [-0.25, -0.2) is 0 Å². The van der Waals surface area contributed by atoms with Gasteiger partial charge in [0.05, 0.1) is 37.4 Å². The van der Waals surface area contributed by atoms with Crippen LogP contribution in [0, 0.1) is 0 Å². The molecule has 4 N–H and O–H groups in total. The van der Waals surface area contributed by atoms with Crippen LogP contribution in [-0.2, 0) is 4.74 Å². The zero-order chi connectivity index (χ0) is 28.3. The van der Waals surface area contributed by atoms with Gasteiger partial charge >= 0.3 is 0 Å². The lowest BCUT2D eigenvalue weighted by molar-refractivity contribution is -0.00346. The molecular weight excluding hydrogens is 520 g/mol. The molecule has 2 aromatic heterocycles. The Bertz CT molecular complexity index is 1570. The maximum atomic E-state index is 12.6. The minimum atomic E-state index is -0.171. The number of fused-ring (bicyclic) bond motifs is 1. The summed E-state index contributed by atoms with van der Waals surface area (Å²) in [5, 5.41) is 10.1. The Morgan fingerprint density at radius 3 is 2.51 bits per heavy atom. The van der Waals surface area contributed by atoms with Gasteiger partial charge in [-0.1, -0.05) is 30.8 Å². The molecule has 1 aliphatic heterocycles. The molecule has 10 heteroatoms. The third kappa shape index (κ3) is 5.55. The van der Waals surface area contributed by atoms with Gasteiger partial charge in [0.1, 0.15) is 17.5 Å². The van der Waals surface area contributed by atoms with Gasteiger partial charge in [0, 0.05) is 30.1 Å². The number of H-pyrrole nitrogens is 1. The van der Waals surface area contributed by atoms with Crippen LogP contribution in [-0.4, -0.2) is 60.4 Å². The number of hydrogen-bond acceptors (Lipinski definition) is 8. The number of methoxy groups -OCH3 is 1. The van der Waals surface area contributed by atoms with Crippen molar-refractivity contribution < 1.29 is 19.0 Å². The molecule has 6 rings (SSSR count). The summed E-state index contributed by atoms with van der Waals surface area (Å²) in [7, 11) is 3.42. The number of nitrogens with zero attached hydrogens (tertiary/aromatic N) is 2. The number of benzene rings is 2. The van der Waals surface area contributed by atoms with Crippen molar-refractivity contribution in [2.24, 2.45) is 0 Å². The molecule has 4 aromatic rings. The number of carbonyl (C=O) groups is 1. The highest BCUT2D eigenvalue weighted by molar-refractivity contribution is 5.98. The molecule has 0 unspecified atom stereocenters. The van der Waals surface area contributed by atoms with E-state index < -0.39 is 0 Å². The molecule has 1 saturated heterocycles. The minimum Gasteiger partial charge on any atom is -0.495 e. The second kappa shape index (κ2) is 11.5. The molecule has 10 nitrogen and oxygen atoms in total. The summed E-state index contributed by atoms with van der Waals surface area (Å²) in [6, 6.07) is 13.5. The SMILES string of the molecule is C=C(NC)c1ccc(-c2c[nH]c3nc(Nc4ccc(C(=O)NC5COC5)cc4OC)nc(OC4CCCC4)c23)cc1. The summed E-state index contributed by atoms with van der Waals surface area (Å²) in [5.74, 6) is 1.22. The summed E-state index contributed by atoms with van der Waals surface area (Å²) in [4.78, 5) is 25.5. The fourth-order valence-corrected chi connectivity index (χ4v) is 5.17. The predicted octanol–water partition coefficient (Wildman–Crippen LogP) is 5.02. The van der Waals surface area contributed by atoms with Crippen molar-refractivity contribution in [1.29, 1.82) is 0 Å². The highest BCUT2D eigenvalue weighted by Crippen LogP contribution is 2.37. The first kappa shape index (κ1) is 26.6. The zero-order valence-corrected chi connectivity index (χ0v) is 23.3. The maximum absolute atomic E-state index is 12.6. The van der Waals surface area contributed by atoms with Crippen molar-refractivity contribution in [3.05, 3.63) is 66.4 Å². The first-order chi connectivity index (χ1) is 20.0. The fraction of sp³-hybridized carbons (Fsp3) is 0.323. The highest BCUT2D eigenvalue weighted by Gasteiger charge is 2.24. The van der Waals surface area contributed by atoms with Gasteiger partial charge in [0.25, 0.3) is 5.91 Å². The molecule has 212 valence electrons. The van der Waals surface area contributed by atoms with Crippen LogP contribution in [0.15, 0.2) is 55.2 Å². The van der Waals surface area contributed by atoms with Gasteiger partial charge in [-0.05, 0) is 55.0 Å².